The summed E-state index contributed by atoms with van der Waals surface area (Å²) in [6, 6.07) is -1.20. The van der Waals surface area contributed by atoms with Crippen LogP contribution in [0.5, 0.6) is 0 Å². The van der Waals surface area contributed by atoms with Gasteiger partial charge in [-0.05, 0) is 57.8 Å². The third-order valence-electron chi connectivity index (χ3n) is 19.5. The zero-order valence-corrected chi connectivity index (χ0v) is 67.6. The van der Waals surface area contributed by atoms with Gasteiger partial charge in [-0.2, -0.15) is 0 Å². The number of ether oxygens (including phenoxy) is 6. The molecular weight excluding hydrogens is 1390 g/mol. The summed E-state index contributed by atoms with van der Waals surface area (Å²) in [6.45, 7) is 4.10. The average Bonchev–Trinajstić information content (AvgIpc) is 0.830. The highest BCUT2D eigenvalue weighted by Crippen LogP contribution is 2.26. The monoisotopic (exact) mass is 1540 g/mol. The smallest absolute Gasteiger partial charge is 0.407 e. The summed E-state index contributed by atoms with van der Waals surface area (Å²) < 4.78 is 34.5. The minimum absolute atomic E-state index is 0.0383. The molecule has 0 aromatic carbocycles. The van der Waals surface area contributed by atoms with Crippen molar-refractivity contribution in [1.29, 1.82) is 0 Å². The fourth-order valence-electron chi connectivity index (χ4n) is 12.9. The van der Waals surface area contributed by atoms with Gasteiger partial charge in [0.1, 0.15) is 32.5 Å². The number of carboxylic acids is 5. The van der Waals surface area contributed by atoms with Gasteiger partial charge in [0.25, 0.3) is 0 Å². The molecule has 1 amide bonds. The lowest BCUT2D eigenvalue weighted by atomic mass is 9.91. The standard InChI is InChI=1S/C82H151N5O21/c1-4-7-10-13-16-19-22-25-28-31-34-37-42-50-76(96)106-68-82(69-107-77(97)51-43-38-35-32-29-26-23-20-17-14-11-8-5-2,70-108-78(98)52-44-39-36-33-30-27-24-21-18-15-12-9-6-3)80(101)104-61-48-41-40-47-60-103-62-54-83-55-63-105-81(102)84-53-46-45-49-71(79(99)100)87(58-56-85(64-72(88)89)65-73(90)91)59-57-86(66-74(92)93)67-75(94)95/h71,83H,4-70H2,1-3H3,(H,84,102)(H,88,89)(H,90,91)(H,92,93)(H,94,95)(H,99,100). The van der Waals surface area contributed by atoms with Crippen molar-refractivity contribution < 1.29 is 102 Å². The first kappa shape index (κ1) is 102. The zero-order chi connectivity index (χ0) is 79.6. The molecule has 0 spiro atoms. The van der Waals surface area contributed by atoms with Gasteiger partial charge in [-0.25, -0.2) is 4.79 Å². The van der Waals surface area contributed by atoms with E-state index >= 15 is 0 Å². The normalized spacial score (nSPS) is 11.8. The van der Waals surface area contributed by atoms with E-state index < -0.39 is 117 Å². The van der Waals surface area contributed by atoms with Crippen LogP contribution >= 0.6 is 0 Å². The topological polar surface area (TPSA) is 361 Å². The van der Waals surface area contributed by atoms with Gasteiger partial charge in [0.15, 0.2) is 5.41 Å². The van der Waals surface area contributed by atoms with Crippen LogP contribution in [0.1, 0.15) is 335 Å². The van der Waals surface area contributed by atoms with Crippen LogP contribution in [0.4, 0.5) is 4.79 Å². The first-order valence-electron chi connectivity index (χ1n) is 42.4. The highest BCUT2D eigenvalue weighted by Gasteiger charge is 2.45. The van der Waals surface area contributed by atoms with Crippen molar-refractivity contribution in [3.63, 3.8) is 0 Å². The lowest BCUT2D eigenvalue weighted by Crippen LogP contribution is -2.50. The Labute approximate surface area is 649 Å². The van der Waals surface area contributed by atoms with Gasteiger partial charge in [0, 0.05) is 71.7 Å². The number of carbonyl (C=O) groups excluding carboxylic acids is 5. The third kappa shape index (κ3) is 66.1. The Bertz CT molecular complexity index is 2100. The number of esters is 4. The Balaban J connectivity index is 5.48. The van der Waals surface area contributed by atoms with E-state index in [1.807, 2.05) is 0 Å². The van der Waals surface area contributed by atoms with Gasteiger partial charge in [0.05, 0.1) is 39.4 Å². The molecule has 0 radical (unpaired) electrons. The molecule has 0 aromatic rings. The number of hydrogen-bond donors (Lipinski definition) is 7. The second-order valence-corrected chi connectivity index (χ2v) is 29.6. The van der Waals surface area contributed by atoms with E-state index in [1.54, 1.807) is 0 Å². The summed E-state index contributed by atoms with van der Waals surface area (Å²) in [4.78, 5) is 129. The number of aliphatic carboxylic acids is 5. The lowest BCUT2D eigenvalue weighted by Gasteiger charge is -2.32. The molecule has 1 unspecified atom stereocenters. The van der Waals surface area contributed by atoms with Crippen molar-refractivity contribution in [3.8, 4) is 0 Å². The molecule has 0 aliphatic rings. The third-order valence-corrected chi connectivity index (χ3v) is 19.5. The van der Waals surface area contributed by atoms with E-state index in [9.17, 15) is 73.5 Å². The molecule has 0 bridgehead atoms. The zero-order valence-electron chi connectivity index (χ0n) is 67.6. The molecule has 26 nitrogen and oxygen atoms in total. The molecule has 0 aliphatic heterocycles. The number of unbranched alkanes of at least 4 members (excludes halogenated alkanes) is 40. The van der Waals surface area contributed by atoms with Gasteiger partial charge >= 0.3 is 59.8 Å². The minimum atomic E-state index is -1.77. The molecule has 0 aromatic heterocycles. The van der Waals surface area contributed by atoms with E-state index in [1.165, 1.54) is 178 Å². The summed E-state index contributed by atoms with van der Waals surface area (Å²) in [5.41, 5.74) is -1.77. The minimum Gasteiger partial charge on any atom is -0.480 e. The van der Waals surface area contributed by atoms with Crippen LogP contribution in [-0.2, 0) is 71.6 Å². The van der Waals surface area contributed by atoms with Crippen LogP contribution in [0.3, 0.4) is 0 Å². The number of amides is 1. The summed E-state index contributed by atoms with van der Waals surface area (Å²) in [6.07, 6.45) is 48.7. The Morgan fingerprint density at radius 3 is 0.972 bits per heavy atom. The van der Waals surface area contributed by atoms with Crippen molar-refractivity contribution in [2.45, 2.75) is 341 Å². The fourth-order valence-corrected chi connectivity index (χ4v) is 12.9. The first-order valence-corrected chi connectivity index (χ1v) is 42.4. The van der Waals surface area contributed by atoms with Gasteiger partial charge in [-0.1, -0.05) is 258 Å². The maximum absolute atomic E-state index is 14.4. The highest BCUT2D eigenvalue weighted by molar-refractivity contribution is 5.80. The summed E-state index contributed by atoms with van der Waals surface area (Å²) in [5, 5.41) is 53.2. The van der Waals surface area contributed by atoms with Gasteiger partial charge in [-0.15, -0.1) is 0 Å². The van der Waals surface area contributed by atoms with Crippen LogP contribution in [0, 0.1) is 5.41 Å². The molecule has 108 heavy (non-hydrogen) atoms. The lowest BCUT2D eigenvalue weighted by molar-refractivity contribution is -0.180. The van der Waals surface area contributed by atoms with E-state index in [4.69, 9.17) is 28.4 Å². The molecule has 0 heterocycles. The second-order valence-electron chi connectivity index (χ2n) is 29.6. The molecular formula is C82H151N5O21. The van der Waals surface area contributed by atoms with Crippen molar-refractivity contribution in [1.82, 2.24) is 25.3 Å². The Kier molecular flexibility index (Phi) is 70.2. The van der Waals surface area contributed by atoms with Gasteiger partial charge in [-0.3, -0.25) is 57.9 Å². The maximum Gasteiger partial charge on any atom is 0.407 e. The molecule has 630 valence electrons. The predicted molar refractivity (Wildman–Crippen MR) is 419 cm³/mol. The fraction of sp³-hybridized carbons (Fsp3) is 0.878. The SMILES string of the molecule is CCCCCCCCCCCCCCCC(=O)OCC(COC(=O)CCCCCCCCCCCCCCC)(COC(=O)CCCCCCCCCCCCCCC)C(=O)OCCCCCCOCCNCCOC(=O)NCCCCC(C(=O)O)N(CCN(CC(=O)O)CC(=O)O)CCN(CC(=O)O)CC(=O)O. The molecule has 0 saturated heterocycles. The maximum atomic E-state index is 14.4. The molecule has 0 saturated carbocycles. The number of nitrogens with one attached hydrogen (secondary N) is 2. The largest absolute Gasteiger partial charge is 0.480 e. The quantitative estimate of drug-likeness (QED) is 0.0169. The molecule has 26 heteroatoms. The predicted octanol–water partition coefficient (Wildman–Crippen LogP) is 15.4. The van der Waals surface area contributed by atoms with Crippen molar-refractivity contribution >= 4 is 59.8 Å². The molecule has 1 atom stereocenters. The van der Waals surface area contributed by atoms with Crippen LogP contribution < -0.4 is 10.6 Å². The highest BCUT2D eigenvalue weighted by atomic mass is 16.6. The number of nitrogens with zero attached hydrogens (tertiary/aromatic N) is 3. The average molecular weight is 1540 g/mol. The van der Waals surface area contributed by atoms with Crippen molar-refractivity contribution in [2.75, 3.05) is 118 Å². The number of alkyl carbamates (subject to hydrolysis) is 1. The summed E-state index contributed by atoms with van der Waals surface area (Å²) in [7, 11) is 0. The number of carbonyl (C=O) groups is 10. The van der Waals surface area contributed by atoms with E-state index in [0.29, 0.717) is 64.8 Å². The Morgan fingerprint density at radius 1 is 0.324 bits per heavy atom. The molecule has 0 aliphatic carbocycles. The molecule has 7 N–H and O–H groups in total. The van der Waals surface area contributed by atoms with Crippen LogP contribution in [-0.4, -0.2) is 224 Å². The van der Waals surface area contributed by atoms with Crippen LogP contribution in [0.2, 0.25) is 0 Å². The Hall–Kier alpha value is -5.70. The van der Waals surface area contributed by atoms with Crippen LogP contribution in [0.15, 0.2) is 0 Å². The van der Waals surface area contributed by atoms with Crippen molar-refractivity contribution in [3.05, 3.63) is 0 Å². The van der Waals surface area contributed by atoms with Crippen molar-refractivity contribution in [2.24, 2.45) is 5.41 Å². The number of carboxylic acid groups (broad SMARTS) is 5. The van der Waals surface area contributed by atoms with Gasteiger partial charge in [0.2, 0.25) is 0 Å². The second kappa shape index (κ2) is 74.1. The van der Waals surface area contributed by atoms with Crippen LogP contribution in [0.25, 0.3) is 0 Å². The Morgan fingerprint density at radius 2 is 0.639 bits per heavy atom. The van der Waals surface area contributed by atoms with Gasteiger partial charge < -0.3 is 64.6 Å². The number of rotatable bonds is 83. The number of hydrogen-bond acceptors (Lipinski definition) is 20. The molecule has 0 fully saturated rings. The van der Waals surface area contributed by atoms with E-state index in [-0.39, 0.29) is 78.0 Å². The van der Waals surface area contributed by atoms with E-state index in [0.717, 1.165) is 80.4 Å². The summed E-state index contributed by atoms with van der Waals surface area (Å²) in [5.74, 6) is -8.64. The first-order chi connectivity index (χ1) is 52.3. The van der Waals surface area contributed by atoms with E-state index in [2.05, 4.69) is 31.4 Å². The molecule has 0 rings (SSSR count). The summed E-state index contributed by atoms with van der Waals surface area (Å²) >= 11 is 0.